The number of hydrogen-bond donors (Lipinski definition) is 1. The standard InChI is InChI=1S/C14H22O4/c1-3-14(2,11-7-5-4-6-8-11)18-13(17)10-9-12(15)16/h9-11H,3-8H2,1-2H3,(H,15,16)/b10-9+. The molecule has 0 spiro atoms. The van der Waals surface area contributed by atoms with Crippen LogP contribution in [0.25, 0.3) is 0 Å². The molecule has 0 bridgehead atoms. The first kappa shape index (κ1) is 14.7. The van der Waals surface area contributed by atoms with Gasteiger partial charge in [-0.3, -0.25) is 0 Å². The van der Waals surface area contributed by atoms with Crippen LogP contribution < -0.4 is 0 Å². The van der Waals surface area contributed by atoms with E-state index in [1.807, 2.05) is 13.8 Å². The van der Waals surface area contributed by atoms with Crippen molar-refractivity contribution in [2.75, 3.05) is 0 Å². The molecule has 1 aliphatic rings. The lowest BCUT2D eigenvalue weighted by molar-refractivity contribution is -0.160. The molecule has 0 heterocycles. The van der Waals surface area contributed by atoms with Crippen molar-refractivity contribution >= 4 is 11.9 Å². The van der Waals surface area contributed by atoms with Crippen LogP contribution in [0.3, 0.4) is 0 Å². The molecule has 0 amide bonds. The van der Waals surface area contributed by atoms with Gasteiger partial charge >= 0.3 is 11.9 Å². The van der Waals surface area contributed by atoms with Crippen LogP contribution in [0, 0.1) is 5.92 Å². The van der Waals surface area contributed by atoms with Crippen LogP contribution in [-0.2, 0) is 14.3 Å². The second kappa shape index (κ2) is 6.57. The highest BCUT2D eigenvalue weighted by Crippen LogP contribution is 2.37. The van der Waals surface area contributed by atoms with Crippen LogP contribution in [0.5, 0.6) is 0 Å². The topological polar surface area (TPSA) is 63.6 Å². The summed E-state index contributed by atoms with van der Waals surface area (Å²) in [5.41, 5.74) is -0.472. The lowest BCUT2D eigenvalue weighted by Gasteiger charge is -2.38. The zero-order valence-electron chi connectivity index (χ0n) is 11.1. The maximum absolute atomic E-state index is 11.6. The zero-order valence-corrected chi connectivity index (χ0v) is 11.1. The number of rotatable bonds is 5. The Bertz CT molecular complexity index is 329. The van der Waals surface area contributed by atoms with Crippen molar-refractivity contribution < 1.29 is 19.4 Å². The Kier molecular flexibility index (Phi) is 5.38. The van der Waals surface area contributed by atoms with E-state index in [1.165, 1.54) is 19.3 Å². The smallest absolute Gasteiger partial charge is 0.331 e. The molecule has 1 N–H and O–H groups in total. The predicted octanol–water partition coefficient (Wildman–Crippen LogP) is 2.92. The third kappa shape index (κ3) is 4.17. The van der Waals surface area contributed by atoms with Crippen molar-refractivity contribution in [2.45, 2.75) is 58.0 Å². The van der Waals surface area contributed by atoms with E-state index in [4.69, 9.17) is 9.84 Å². The number of esters is 1. The number of carbonyl (C=O) groups excluding carboxylic acids is 1. The first-order valence-corrected chi connectivity index (χ1v) is 6.62. The molecule has 1 aliphatic carbocycles. The summed E-state index contributed by atoms with van der Waals surface area (Å²) < 4.78 is 5.49. The Morgan fingerprint density at radius 1 is 1.28 bits per heavy atom. The van der Waals surface area contributed by atoms with E-state index in [9.17, 15) is 9.59 Å². The molecule has 1 rings (SSSR count). The van der Waals surface area contributed by atoms with E-state index in [-0.39, 0.29) is 0 Å². The maximum Gasteiger partial charge on any atom is 0.331 e. The molecule has 102 valence electrons. The number of aliphatic carboxylic acids is 1. The van der Waals surface area contributed by atoms with E-state index in [0.717, 1.165) is 31.4 Å². The van der Waals surface area contributed by atoms with E-state index in [2.05, 4.69) is 0 Å². The maximum atomic E-state index is 11.6. The van der Waals surface area contributed by atoms with Crippen LogP contribution >= 0.6 is 0 Å². The van der Waals surface area contributed by atoms with Crippen molar-refractivity contribution in [1.82, 2.24) is 0 Å². The van der Waals surface area contributed by atoms with E-state index < -0.39 is 17.5 Å². The van der Waals surface area contributed by atoms with Gasteiger partial charge < -0.3 is 9.84 Å². The molecule has 1 saturated carbocycles. The summed E-state index contributed by atoms with van der Waals surface area (Å²) in [5, 5.41) is 8.47. The Balaban J connectivity index is 2.63. The summed E-state index contributed by atoms with van der Waals surface area (Å²) in [6, 6.07) is 0. The van der Waals surface area contributed by atoms with E-state index >= 15 is 0 Å². The molecule has 18 heavy (non-hydrogen) atoms. The van der Waals surface area contributed by atoms with Gasteiger partial charge in [0.05, 0.1) is 0 Å². The van der Waals surface area contributed by atoms with Gasteiger partial charge in [0.2, 0.25) is 0 Å². The van der Waals surface area contributed by atoms with E-state index in [0.29, 0.717) is 5.92 Å². The Morgan fingerprint density at radius 2 is 1.89 bits per heavy atom. The molecule has 4 nitrogen and oxygen atoms in total. The van der Waals surface area contributed by atoms with Crippen molar-refractivity contribution in [3.05, 3.63) is 12.2 Å². The molecule has 1 unspecified atom stereocenters. The van der Waals surface area contributed by atoms with Gasteiger partial charge in [0.15, 0.2) is 0 Å². The lowest BCUT2D eigenvalue weighted by atomic mass is 9.76. The largest absolute Gasteiger partial charge is 0.478 e. The first-order chi connectivity index (χ1) is 8.48. The Morgan fingerprint density at radius 3 is 2.39 bits per heavy atom. The van der Waals surface area contributed by atoms with Gasteiger partial charge in [-0.15, -0.1) is 0 Å². The lowest BCUT2D eigenvalue weighted by Crippen LogP contribution is -2.40. The minimum Gasteiger partial charge on any atom is -0.478 e. The minimum absolute atomic E-state index is 0.387. The van der Waals surface area contributed by atoms with Crippen LogP contribution in [-0.4, -0.2) is 22.6 Å². The highest BCUT2D eigenvalue weighted by molar-refractivity contribution is 5.90. The minimum atomic E-state index is -1.14. The fraction of sp³-hybridized carbons (Fsp3) is 0.714. The van der Waals surface area contributed by atoms with Crippen LogP contribution in [0.15, 0.2) is 12.2 Å². The molecule has 0 saturated heterocycles. The second-order valence-electron chi connectivity index (χ2n) is 5.09. The third-order valence-corrected chi connectivity index (χ3v) is 3.87. The Hall–Kier alpha value is -1.32. The summed E-state index contributed by atoms with van der Waals surface area (Å²) >= 11 is 0. The molecule has 0 aromatic heterocycles. The average molecular weight is 254 g/mol. The fourth-order valence-corrected chi connectivity index (χ4v) is 2.56. The van der Waals surface area contributed by atoms with Crippen LogP contribution in [0.2, 0.25) is 0 Å². The van der Waals surface area contributed by atoms with Crippen molar-refractivity contribution in [2.24, 2.45) is 5.92 Å². The molecule has 0 radical (unpaired) electrons. The molecule has 1 fully saturated rings. The summed E-state index contributed by atoms with van der Waals surface area (Å²) in [6.07, 6.45) is 8.35. The van der Waals surface area contributed by atoms with Gasteiger partial charge in [-0.25, -0.2) is 9.59 Å². The number of carbonyl (C=O) groups is 2. The monoisotopic (exact) mass is 254 g/mol. The molecule has 0 aromatic carbocycles. The van der Waals surface area contributed by atoms with Crippen LogP contribution in [0.4, 0.5) is 0 Å². The van der Waals surface area contributed by atoms with Crippen molar-refractivity contribution in [3.63, 3.8) is 0 Å². The van der Waals surface area contributed by atoms with Gasteiger partial charge in [-0.2, -0.15) is 0 Å². The summed E-state index contributed by atoms with van der Waals surface area (Å²) in [7, 11) is 0. The number of hydrogen-bond acceptors (Lipinski definition) is 3. The summed E-state index contributed by atoms with van der Waals surface area (Å²) in [5.74, 6) is -1.31. The van der Waals surface area contributed by atoms with Gasteiger partial charge in [-0.1, -0.05) is 26.2 Å². The summed E-state index contributed by atoms with van der Waals surface area (Å²) in [4.78, 5) is 21.9. The molecular weight excluding hydrogens is 232 g/mol. The normalized spacial score (nSPS) is 20.6. The number of carboxylic acid groups (broad SMARTS) is 1. The third-order valence-electron chi connectivity index (χ3n) is 3.87. The van der Waals surface area contributed by atoms with Crippen molar-refractivity contribution in [3.8, 4) is 0 Å². The first-order valence-electron chi connectivity index (χ1n) is 6.62. The van der Waals surface area contributed by atoms with Crippen LogP contribution in [0.1, 0.15) is 52.4 Å². The van der Waals surface area contributed by atoms with Gasteiger partial charge in [-0.05, 0) is 32.1 Å². The average Bonchev–Trinajstić information content (AvgIpc) is 2.37. The highest BCUT2D eigenvalue weighted by Gasteiger charge is 2.36. The highest BCUT2D eigenvalue weighted by atomic mass is 16.6. The molecule has 0 aromatic rings. The molecule has 0 aliphatic heterocycles. The number of ether oxygens (including phenoxy) is 1. The second-order valence-corrected chi connectivity index (χ2v) is 5.09. The molecule has 4 heteroatoms. The quantitative estimate of drug-likeness (QED) is 0.605. The van der Waals surface area contributed by atoms with Gasteiger partial charge in [0, 0.05) is 12.2 Å². The SMILES string of the molecule is CCC(C)(OC(=O)/C=C/C(=O)O)C1CCCCC1. The summed E-state index contributed by atoms with van der Waals surface area (Å²) in [6.45, 7) is 3.96. The van der Waals surface area contributed by atoms with E-state index in [1.54, 1.807) is 0 Å². The van der Waals surface area contributed by atoms with Gasteiger partial charge in [0.25, 0.3) is 0 Å². The van der Waals surface area contributed by atoms with Crippen molar-refractivity contribution in [1.29, 1.82) is 0 Å². The van der Waals surface area contributed by atoms with Gasteiger partial charge in [0.1, 0.15) is 5.60 Å². The molecular formula is C14H22O4. The fourth-order valence-electron chi connectivity index (χ4n) is 2.56. The number of carboxylic acids is 1. The molecule has 1 atom stereocenters. The predicted molar refractivity (Wildman–Crippen MR) is 68.1 cm³/mol. The Labute approximate surface area is 108 Å². The zero-order chi connectivity index (χ0) is 13.6.